The fourth-order valence-corrected chi connectivity index (χ4v) is 2.48. The number of ether oxygens (including phenoxy) is 1. The number of esters is 1. The SMILES string of the molecule is COC(=O)C(Cl)CNS(=O)(=O)CCC(C)C. The maximum Gasteiger partial charge on any atom is 0.325 e. The summed E-state index contributed by atoms with van der Waals surface area (Å²) in [6, 6.07) is 0. The van der Waals surface area contributed by atoms with E-state index in [1.807, 2.05) is 13.8 Å². The maximum atomic E-state index is 11.4. The van der Waals surface area contributed by atoms with Crippen LogP contribution in [-0.2, 0) is 19.6 Å². The van der Waals surface area contributed by atoms with Crippen molar-refractivity contribution in [3.63, 3.8) is 0 Å². The van der Waals surface area contributed by atoms with Crippen molar-refractivity contribution >= 4 is 27.6 Å². The molecule has 0 aliphatic carbocycles. The van der Waals surface area contributed by atoms with Crippen LogP contribution < -0.4 is 4.72 Å². The molecule has 5 nitrogen and oxygen atoms in total. The minimum absolute atomic E-state index is 0.0372. The fourth-order valence-electron chi connectivity index (χ4n) is 0.874. The number of methoxy groups -OCH3 is 1. The molecule has 0 aromatic rings. The standard InChI is InChI=1S/C9H18ClNO4S/c1-7(2)4-5-16(13,14)11-6-8(10)9(12)15-3/h7-8,11H,4-6H2,1-3H3. The smallest absolute Gasteiger partial charge is 0.325 e. The quantitative estimate of drug-likeness (QED) is 0.547. The molecule has 0 radical (unpaired) electrons. The Morgan fingerprint density at radius 3 is 2.44 bits per heavy atom. The number of hydrogen-bond acceptors (Lipinski definition) is 4. The molecule has 0 amide bonds. The minimum atomic E-state index is -3.36. The second-order valence-corrected chi connectivity index (χ2v) is 6.29. The van der Waals surface area contributed by atoms with Gasteiger partial charge in [-0.15, -0.1) is 11.6 Å². The Morgan fingerprint density at radius 2 is 2.00 bits per heavy atom. The zero-order chi connectivity index (χ0) is 12.8. The van der Waals surface area contributed by atoms with E-state index in [9.17, 15) is 13.2 Å². The lowest BCUT2D eigenvalue weighted by molar-refractivity contribution is -0.140. The van der Waals surface area contributed by atoms with Gasteiger partial charge in [-0.2, -0.15) is 0 Å². The molecule has 16 heavy (non-hydrogen) atoms. The number of carbonyl (C=O) groups excluding carboxylic acids is 1. The first-order chi connectivity index (χ1) is 7.28. The third kappa shape index (κ3) is 7.03. The number of halogens is 1. The second kappa shape index (κ2) is 7.09. The van der Waals surface area contributed by atoms with E-state index < -0.39 is 21.4 Å². The predicted molar refractivity (Wildman–Crippen MR) is 62.9 cm³/mol. The molecule has 7 heteroatoms. The summed E-state index contributed by atoms with van der Waals surface area (Å²) in [6.07, 6.45) is 0.570. The predicted octanol–water partition coefficient (Wildman–Crippen LogP) is 0.732. The zero-order valence-corrected chi connectivity index (χ0v) is 11.3. The normalized spacial score (nSPS) is 13.8. The van der Waals surface area contributed by atoms with Gasteiger partial charge in [0.1, 0.15) is 5.38 Å². The Bertz CT molecular complexity index is 315. The lowest BCUT2D eigenvalue weighted by atomic mass is 10.2. The van der Waals surface area contributed by atoms with E-state index in [0.717, 1.165) is 0 Å². The highest BCUT2D eigenvalue weighted by atomic mass is 35.5. The molecule has 96 valence electrons. The molecule has 0 aromatic carbocycles. The van der Waals surface area contributed by atoms with Crippen LogP contribution in [0.2, 0.25) is 0 Å². The Labute approximate surface area is 102 Å². The Hall–Kier alpha value is -0.330. The van der Waals surface area contributed by atoms with Crippen LogP contribution >= 0.6 is 11.6 Å². The molecule has 0 aromatic heterocycles. The molecular weight excluding hydrogens is 254 g/mol. The van der Waals surface area contributed by atoms with Crippen LogP contribution in [-0.4, -0.2) is 39.2 Å². The third-order valence-corrected chi connectivity index (χ3v) is 3.62. The van der Waals surface area contributed by atoms with Crippen LogP contribution in [0.3, 0.4) is 0 Å². The number of sulfonamides is 1. The first kappa shape index (κ1) is 15.7. The largest absolute Gasteiger partial charge is 0.468 e. The maximum absolute atomic E-state index is 11.4. The zero-order valence-electron chi connectivity index (χ0n) is 9.70. The third-order valence-electron chi connectivity index (χ3n) is 1.90. The molecule has 0 saturated heterocycles. The molecule has 0 spiro atoms. The molecule has 1 unspecified atom stereocenters. The van der Waals surface area contributed by atoms with Gasteiger partial charge in [0.05, 0.1) is 12.9 Å². The summed E-state index contributed by atoms with van der Waals surface area (Å²) in [4.78, 5) is 10.9. The lowest BCUT2D eigenvalue weighted by Crippen LogP contribution is -2.35. The van der Waals surface area contributed by atoms with Gasteiger partial charge in [0, 0.05) is 6.54 Å². The molecule has 0 heterocycles. The number of rotatable bonds is 7. The highest BCUT2D eigenvalue weighted by Crippen LogP contribution is 2.03. The number of hydrogen-bond donors (Lipinski definition) is 1. The highest BCUT2D eigenvalue weighted by molar-refractivity contribution is 7.89. The number of nitrogens with one attached hydrogen (secondary N) is 1. The average molecular weight is 272 g/mol. The summed E-state index contributed by atoms with van der Waals surface area (Å²) in [5, 5.41) is -0.987. The average Bonchev–Trinajstić information content (AvgIpc) is 2.22. The molecular formula is C9H18ClNO4S. The van der Waals surface area contributed by atoms with Crippen LogP contribution in [0.15, 0.2) is 0 Å². The van der Waals surface area contributed by atoms with Gasteiger partial charge in [-0.25, -0.2) is 13.1 Å². The van der Waals surface area contributed by atoms with Gasteiger partial charge in [0.15, 0.2) is 0 Å². The second-order valence-electron chi connectivity index (χ2n) is 3.84. The Balaban J connectivity index is 4.04. The fraction of sp³-hybridized carbons (Fsp3) is 0.889. The molecule has 0 aliphatic heterocycles. The van der Waals surface area contributed by atoms with Crippen molar-refractivity contribution in [3.05, 3.63) is 0 Å². The Kier molecular flexibility index (Phi) is 6.94. The van der Waals surface area contributed by atoms with Gasteiger partial charge in [-0.05, 0) is 12.3 Å². The first-order valence-corrected chi connectivity index (χ1v) is 7.06. The Morgan fingerprint density at radius 1 is 1.44 bits per heavy atom. The van der Waals surface area contributed by atoms with Gasteiger partial charge in [-0.3, -0.25) is 4.79 Å². The van der Waals surface area contributed by atoms with E-state index in [-0.39, 0.29) is 12.3 Å². The molecule has 0 fully saturated rings. The van der Waals surface area contributed by atoms with Crippen LogP contribution in [0.1, 0.15) is 20.3 Å². The number of carbonyl (C=O) groups is 1. The first-order valence-electron chi connectivity index (χ1n) is 4.97. The van der Waals surface area contributed by atoms with Crippen molar-refractivity contribution in [1.82, 2.24) is 4.72 Å². The molecule has 1 atom stereocenters. The lowest BCUT2D eigenvalue weighted by Gasteiger charge is -2.10. The number of alkyl halides is 1. The minimum Gasteiger partial charge on any atom is -0.468 e. The monoisotopic (exact) mass is 271 g/mol. The van der Waals surface area contributed by atoms with Gasteiger partial charge in [0.2, 0.25) is 10.0 Å². The van der Waals surface area contributed by atoms with Gasteiger partial charge in [0.25, 0.3) is 0 Å². The van der Waals surface area contributed by atoms with Crippen LogP contribution in [0, 0.1) is 5.92 Å². The van der Waals surface area contributed by atoms with Crippen molar-refractivity contribution in [2.45, 2.75) is 25.6 Å². The summed E-state index contributed by atoms with van der Waals surface area (Å²) in [5.74, 6) is -0.299. The van der Waals surface area contributed by atoms with E-state index in [2.05, 4.69) is 9.46 Å². The van der Waals surface area contributed by atoms with Crippen molar-refractivity contribution in [1.29, 1.82) is 0 Å². The van der Waals surface area contributed by atoms with Crippen molar-refractivity contribution < 1.29 is 17.9 Å². The molecule has 1 N–H and O–H groups in total. The molecule has 0 bridgehead atoms. The van der Waals surface area contributed by atoms with E-state index in [0.29, 0.717) is 12.3 Å². The van der Waals surface area contributed by atoms with Crippen LogP contribution in [0.5, 0.6) is 0 Å². The van der Waals surface area contributed by atoms with Crippen LogP contribution in [0.25, 0.3) is 0 Å². The summed E-state index contributed by atoms with van der Waals surface area (Å²) in [7, 11) is -2.16. The molecule has 0 saturated carbocycles. The van der Waals surface area contributed by atoms with E-state index in [1.54, 1.807) is 0 Å². The summed E-state index contributed by atoms with van der Waals surface area (Å²) in [6.45, 7) is 3.73. The van der Waals surface area contributed by atoms with Crippen LogP contribution in [0.4, 0.5) is 0 Å². The van der Waals surface area contributed by atoms with Gasteiger partial charge in [-0.1, -0.05) is 13.8 Å². The van der Waals surface area contributed by atoms with E-state index in [4.69, 9.17) is 11.6 Å². The molecule has 0 aliphatic rings. The van der Waals surface area contributed by atoms with Gasteiger partial charge >= 0.3 is 5.97 Å². The summed E-state index contributed by atoms with van der Waals surface area (Å²) in [5.41, 5.74) is 0. The highest BCUT2D eigenvalue weighted by Gasteiger charge is 2.19. The van der Waals surface area contributed by atoms with Crippen molar-refractivity contribution in [3.8, 4) is 0 Å². The van der Waals surface area contributed by atoms with Gasteiger partial charge < -0.3 is 4.74 Å². The summed E-state index contributed by atoms with van der Waals surface area (Å²) >= 11 is 5.60. The summed E-state index contributed by atoms with van der Waals surface area (Å²) < 4.78 is 29.5. The van der Waals surface area contributed by atoms with Crippen molar-refractivity contribution in [2.75, 3.05) is 19.4 Å². The topological polar surface area (TPSA) is 72.5 Å². The molecule has 0 rings (SSSR count). The van der Waals surface area contributed by atoms with E-state index in [1.165, 1.54) is 7.11 Å². The van der Waals surface area contributed by atoms with E-state index >= 15 is 0 Å². The van der Waals surface area contributed by atoms with Crippen molar-refractivity contribution in [2.24, 2.45) is 5.92 Å².